The highest BCUT2D eigenvalue weighted by Crippen LogP contribution is 2.38. The Bertz CT molecular complexity index is 649. The lowest BCUT2D eigenvalue weighted by atomic mass is 10.2. The third-order valence-corrected chi connectivity index (χ3v) is 4.83. The Morgan fingerprint density at radius 1 is 1.57 bits per heavy atom. The summed E-state index contributed by atoms with van der Waals surface area (Å²) in [6.45, 7) is 3.50. The molecule has 0 saturated heterocycles. The second-order valence-electron chi connectivity index (χ2n) is 5.87. The number of likely N-dealkylation sites (N-methyl/N-ethyl adjacent to an activating group) is 1. The van der Waals surface area contributed by atoms with E-state index in [1.54, 1.807) is 18.4 Å². The zero-order valence-electron chi connectivity index (χ0n) is 13.7. The van der Waals surface area contributed by atoms with Crippen LogP contribution in [-0.2, 0) is 6.54 Å². The summed E-state index contributed by atoms with van der Waals surface area (Å²) < 4.78 is 5.28. The summed E-state index contributed by atoms with van der Waals surface area (Å²) in [6.07, 6.45) is 4.19. The summed E-state index contributed by atoms with van der Waals surface area (Å²) in [5.41, 5.74) is 0. The van der Waals surface area contributed by atoms with Crippen molar-refractivity contribution in [2.24, 2.45) is 4.99 Å². The molecule has 0 radical (unpaired) electrons. The SMILES string of the molecule is CN=C(NCc1nc(C2CC2)no1)N(C)C[C@@H](C)c1nccs1. The van der Waals surface area contributed by atoms with Gasteiger partial charge in [-0.3, -0.25) is 4.99 Å². The Hall–Kier alpha value is -1.96. The van der Waals surface area contributed by atoms with Crippen LogP contribution in [0.25, 0.3) is 0 Å². The molecule has 1 N–H and O–H groups in total. The first kappa shape index (κ1) is 15.9. The average molecular weight is 334 g/mol. The van der Waals surface area contributed by atoms with Crippen LogP contribution in [0.1, 0.15) is 48.3 Å². The van der Waals surface area contributed by atoms with Crippen LogP contribution < -0.4 is 5.32 Å². The van der Waals surface area contributed by atoms with E-state index in [0.717, 1.165) is 23.3 Å². The Morgan fingerprint density at radius 2 is 2.39 bits per heavy atom. The minimum Gasteiger partial charge on any atom is -0.347 e. The van der Waals surface area contributed by atoms with Crippen molar-refractivity contribution >= 4 is 17.3 Å². The molecule has 2 heterocycles. The first-order chi connectivity index (χ1) is 11.2. The molecule has 1 aliphatic rings. The Balaban J connectivity index is 1.51. The van der Waals surface area contributed by atoms with Crippen molar-refractivity contribution in [2.45, 2.75) is 38.1 Å². The van der Waals surface area contributed by atoms with Crippen LogP contribution in [-0.4, -0.2) is 46.6 Å². The Labute approximate surface area is 139 Å². The lowest BCUT2D eigenvalue weighted by molar-refractivity contribution is 0.365. The van der Waals surface area contributed by atoms with E-state index in [-0.39, 0.29) is 0 Å². The number of nitrogens with zero attached hydrogens (tertiary/aromatic N) is 5. The number of aromatic nitrogens is 3. The number of aliphatic imine (C=N–C) groups is 1. The van der Waals surface area contributed by atoms with Gasteiger partial charge < -0.3 is 14.7 Å². The standard InChI is InChI=1S/C15H22N6OS/c1-10(14-17-6-7-23-14)9-21(3)15(16-2)18-8-12-19-13(20-22-12)11-4-5-11/h6-7,10-11H,4-5,8-9H2,1-3H3,(H,16,18)/t10-/m1/s1. The third-order valence-electron chi connectivity index (χ3n) is 3.82. The topological polar surface area (TPSA) is 79.4 Å². The molecule has 1 saturated carbocycles. The lowest BCUT2D eigenvalue weighted by Crippen LogP contribution is -2.40. The molecule has 2 aromatic rings. The molecule has 0 aromatic carbocycles. The van der Waals surface area contributed by atoms with Gasteiger partial charge in [0.15, 0.2) is 11.8 Å². The van der Waals surface area contributed by atoms with Gasteiger partial charge in [0.05, 0.1) is 11.6 Å². The summed E-state index contributed by atoms with van der Waals surface area (Å²) in [5.74, 6) is 3.11. The van der Waals surface area contributed by atoms with Crippen molar-refractivity contribution in [3.63, 3.8) is 0 Å². The van der Waals surface area contributed by atoms with E-state index in [4.69, 9.17) is 4.52 Å². The van der Waals surface area contributed by atoms with Gasteiger partial charge in [-0.15, -0.1) is 11.3 Å². The number of guanidine groups is 1. The maximum absolute atomic E-state index is 5.28. The Kier molecular flexibility index (Phi) is 4.90. The fraction of sp³-hybridized carbons (Fsp3) is 0.600. The number of thiazole rings is 1. The van der Waals surface area contributed by atoms with Gasteiger partial charge in [0.2, 0.25) is 5.89 Å². The Morgan fingerprint density at radius 3 is 3.04 bits per heavy atom. The van der Waals surface area contributed by atoms with Gasteiger partial charge in [-0.1, -0.05) is 12.1 Å². The van der Waals surface area contributed by atoms with E-state index in [2.05, 4.69) is 37.3 Å². The highest BCUT2D eigenvalue weighted by molar-refractivity contribution is 7.09. The van der Waals surface area contributed by atoms with Crippen molar-refractivity contribution in [1.82, 2.24) is 25.3 Å². The third kappa shape index (κ3) is 4.07. The molecule has 23 heavy (non-hydrogen) atoms. The van der Waals surface area contributed by atoms with Crippen LogP contribution >= 0.6 is 11.3 Å². The van der Waals surface area contributed by atoms with Gasteiger partial charge in [-0.2, -0.15) is 4.98 Å². The normalized spacial score (nSPS) is 16.4. The van der Waals surface area contributed by atoms with E-state index in [1.165, 1.54) is 12.8 Å². The maximum atomic E-state index is 5.28. The number of rotatable bonds is 6. The van der Waals surface area contributed by atoms with Gasteiger partial charge in [-0.05, 0) is 12.8 Å². The minimum absolute atomic E-state index is 0.350. The second-order valence-corrected chi connectivity index (χ2v) is 6.80. The van der Waals surface area contributed by atoms with Gasteiger partial charge in [0.25, 0.3) is 0 Å². The summed E-state index contributed by atoms with van der Waals surface area (Å²) in [5, 5.41) is 10.4. The van der Waals surface area contributed by atoms with Crippen LogP contribution in [0.4, 0.5) is 0 Å². The van der Waals surface area contributed by atoms with E-state index in [1.807, 2.05) is 18.6 Å². The van der Waals surface area contributed by atoms with Crippen molar-refractivity contribution in [3.8, 4) is 0 Å². The van der Waals surface area contributed by atoms with E-state index >= 15 is 0 Å². The molecule has 3 rings (SSSR count). The maximum Gasteiger partial charge on any atom is 0.246 e. The smallest absolute Gasteiger partial charge is 0.246 e. The molecule has 0 aliphatic heterocycles. The first-order valence-corrected chi connectivity index (χ1v) is 8.69. The van der Waals surface area contributed by atoms with Crippen LogP contribution in [0.3, 0.4) is 0 Å². The van der Waals surface area contributed by atoms with E-state index in [0.29, 0.717) is 24.3 Å². The molecule has 0 unspecified atom stereocenters. The summed E-state index contributed by atoms with van der Waals surface area (Å²) in [4.78, 5) is 15.2. The molecule has 0 amide bonds. The van der Waals surface area contributed by atoms with Crippen LogP contribution in [0.2, 0.25) is 0 Å². The molecule has 0 bridgehead atoms. The molecular weight excluding hydrogens is 312 g/mol. The van der Waals surface area contributed by atoms with Crippen LogP contribution in [0.15, 0.2) is 21.1 Å². The first-order valence-electron chi connectivity index (χ1n) is 7.81. The predicted octanol–water partition coefficient (Wildman–Crippen LogP) is 2.21. The zero-order chi connectivity index (χ0) is 16.2. The van der Waals surface area contributed by atoms with E-state index < -0.39 is 0 Å². The number of hydrogen-bond donors (Lipinski definition) is 1. The highest BCUT2D eigenvalue weighted by Gasteiger charge is 2.28. The zero-order valence-corrected chi connectivity index (χ0v) is 14.5. The van der Waals surface area contributed by atoms with Crippen molar-refractivity contribution in [2.75, 3.05) is 20.6 Å². The van der Waals surface area contributed by atoms with Crippen molar-refractivity contribution in [3.05, 3.63) is 28.3 Å². The molecule has 124 valence electrons. The summed E-state index contributed by atoms with van der Waals surface area (Å²) in [7, 11) is 3.79. The molecule has 2 aromatic heterocycles. The van der Waals surface area contributed by atoms with Gasteiger partial charge in [0, 0.05) is 44.1 Å². The molecule has 1 aliphatic carbocycles. The molecule has 1 atom stereocenters. The molecular formula is C15H22N6OS. The molecule has 0 spiro atoms. The monoisotopic (exact) mass is 334 g/mol. The quantitative estimate of drug-likeness (QED) is 0.644. The average Bonchev–Trinajstić information content (AvgIpc) is 3.05. The minimum atomic E-state index is 0.350. The summed E-state index contributed by atoms with van der Waals surface area (Å²) >= 11 is 1.68. The lowest BCUT2D eigenvalue weighted by Gasteiger charge is -2.24. The van der Waals surface area contributed by atoms with E-state index in [9.17, 15) is 0 Å². The van der Waals surface area contributed by atoms with Gasteiger partial charge in [0.1, 0.15) is 0 Å². The fourth-order valence-corrected chi connectivity index (χ4v) is 3.13. The summed E-state index contributed by atoms with van der Waals surface area (Å²) in [6, 6.07) is 0. The fourth-order valence-electron chi connectivity index (χ4n) is 2.44. The molecule has 1 fully saturated rings. The predicted molar refractivity (Wildman–Crippen MR) is 89.6 cm³/mol. The largest absolute Gasteiger partial charge is 0.347 e. The van der Waals surface area contributed by atoms with Crippen LogP contribution in [0.5, 0.6) is 0 Å². The number of nitrogens with one attached hydrogen (secondary N) is 1. The van der Waals surface area contributed by atoms with Crippen molar-refractivity contribution in [1.29, 1.82) is 0 Å². The van der Waals surface area contributed by atoms with Crippen molar-refractivity contribution < 1.29 is 4.52 Å². The molecule has 8 heteroatoms. The highest BCUT2D eigenvalue weighted by atomic mass is 32.1. The second kappa shape index (κ2) is 7.08. The van der Waals surface area contributed by atoms with Crippen LogP contribution in [0, 0.1) is 0 Å². The number of hydrogen-bond acceptors (Lipinski definition) is 6. The van der Waals surface area contributed by atoms with Gasteiger partial charge >= 0.3 is 0 Å². The van der Waals surface area contributed by atoms with Gasteiger partial charge in [-0.25, -0.2) is 4.98 Å². The molecule has 7 nitrogen and oxygen atoms in total.